The van der Waals surface area contributed by atoms with E-state index in [1.807, 2.05) is 17.2 Å². The van der Waals surface area contributed by atoms with Crippen LogP contribution in [0.25, 0.3) is 11.3 Å². The predicted molar refractivity (Wildman–Crippen MR) is 103 cm³/mol. The molecule has 0 N–H and O–H groups in total. The highest BCUT2D eigenvalue weighted by atomic mass is 19.1. The third-order valence-electron chi connectivity index (χ3n) is 5.50. The first-order valence-electron chi connectivity index (χ1n) is 9.85. The van der Waals surface area contributed by atoms with E-state index in [-0.39, 0.29) is 11.7 Å². The zero-order valence-corrected chi connectivity index (χ0v) is 15.9. The zero-order valence-electron chi connectivity index (χ0n) is 15.9. The standard InChI is InChI=1S/C21H25FN4O2/c22-18-3-1-2-17(12-18)20-14-23-13-19(24-20)16-4-6-25(7-5-16)15-21(27)26-8-10-28-11-9-26/h1-3,12-14,16H,4-11,15H2. The number of piperidine rings is 1. The first kappa shape index (κ1) is 19.0. The number of hydrogen-bond donors (Lipinski definition) is 0. The average molecular weight is 384 g/mol. The highest BCUT2D eigenvalue weighted by Crippen LogP contribution is 2.28. The monoisotopic (exact) mass is 384 g/mol. The fourth-order valence-electron chi connectivity index (χ4n) is 3.86. The van der Waals surface area contributed by atoms with Crippen LogP contribution in [0.3, 0.4) is 0 Å². The van der Waals surface area contributed by atoms with Gasteiger partial charge in [0.05, 0.1) is 37.3 Å². The fourth-order valence-corrected chi connectivity index (χ4v) is 3.86. The molecule has 0 spiro atoms. The van der Waals surface area contributed by atoms with Crippen LogP contribution in [-0.4, -0.2) is 71.6 Å². The van der Waals surface area contributed by atoms with Crippen molar-refractivity contribution in [2.75, 3.05) is 45.9 Å². The lowest BCUT2D eigenvalue weighted by molar-refractivity contribution is -0.136. The van der Waals surface area contributed by atoms with E-state index < -0.39 is 0 Å². The normalized spacial score (nSPS) is 19.0. The van der Waals surface area contributed by atoms with Crippen molar-refractivity contribution in [2.45, 2.75) is 18.8 Å². The molecular formula is C21H25FN4O2. The zero-order chi connectivity index (χ0) is 19.3. The van der Waals surface area contributed by atoms with Gasteiger partial charge in [0.25, 0.3) is 0 Å². The van der Waals surface area contributed by atoms with E-state index in [0.29, 0.717) is 44.5 Å². The number of amides is 1. The molecule has 0 bridgehead atoms. The molecule has 7 heteroatoms. The van der Waals surface area contributed by atoms with Crippen molar-refractivity contribution in [2.24, 2.45) is 0 Å². The second-order valence-corrected chi connectivity index (χ2v) is 7.38. The maximum Gasteiger partial charge on any atom is 0.236 e. The molecule has 0 aliphatic carbocycles. The van der Waals surface area contributed by atoms with Crippen molar-refractivity contribution in [3.05, 3.63) is 48.2 Å². The summed E-state index contributed by atoms with van der Waals surface area (Å²) in [7, 11) is 0. The molecule has 28 heavy (non-hydrogen) atoms. The number of halogens is 1. The number of aromatic nitrogens is 2. The molecule has 1 aromatic carbocycles. The summed E-state index contributed by atoms with van der Waals surface area (Å²) in [5, 5.41) is 0. The molecular weight excluding hydrogens is 359 g/mol. The largest absolute Gasteiger partial charge is 0.378 e. The van der Waals surface area contributed by atoms with E-state index in [1.165, 1.54) is 12.1 Å². The van der Waals surface area contributed by atoms with Crippen LogP contribution in [-0.2, 0) is 9.53 Å². The van der Waals surface area contributed by atoms with Gasteiger partial charge in [-0.1, -0.05) is 12.1 Å². The van der Waals surface area contributed by atoms with Crippen molar-refractivity contribution < 1.29 is 13.9 Å². The number of likely N-dealkylation sites (tertiary alicyclic amines) is 1. The quantitative estimate of drug-likeness (QED) is 0.810. The first-order valence-corrected chi connectivity index (χ1v) is 9.85. The summed E-state index contributed by atoms with van der Waals surface area (Å²) in [4.78, 5) is 25.6. The van der Waals surface area contributed by atoms with Gasteiger partial charge in [0.2, 0.25) is 5.91 Å². The Balaban J connectivity index is 1.35. The van der Waals surface area contributed by atoms with Crippen LogP contribution in [0, 0.1) is 5.82 Å². The van der Waals surface area contributed by atoms with Crippen LogP contribution in [0.2, 0.25) is 0 Å². The summed E-state index contributed by atoms with van der Waals surface area (Å²) >= 11 is 0. The number of carbonyl (C=O) groups excluding carboxylic acids is 1. The van der Waals surface area contributed by atoms with Crippen LogP contribution < -0.4 is 0 Å². The Morgan fingerprint density at radius 3 is 2.68 bits per heavy atom. The Morgan fingerprint density at radius 2 is 1.93 bits per heavy atom. The highest BCUT2D eigenvalue weighted by molar-refractivity contribution is 5.78. The molecule has 4 rings (SSSR count). The Labute approximate surface area is 164 Å². The molecule has 2 aromatic rings. The van der Waals surface area contributed by atoms with Gasteiger partial charge in [-0.15, -0.1) is 0 Å². The van der Waals surface area contributed by atoms with Crippen molar-refractivity contribution in [1.29, 1.82) is 0 Å². The Hall–Kier alpha value is -2.38. The van der Waals surface area contributed by atoms with Gasteiger partial charge in [-0.3, -0.25) is 14.7 Å². The smallest absolute Gasteiger partial charge is 0.236 e. The van der Waals surface area contributed by atoms with Gasteiger partial charge in [-0.2, -0.15) is 0 Å². The lowest BCUT2D eigenvalue weighted by atomic mass is 9.93. The van der Waals surface area contributed by atoms with E-state index in [4.69, 9.17) is 9.72 Å². The first-order chi connectivity index (χ1) is 13.7. The van der Waals surface area contributed by atoms with Crippen molar-refractivity contribution >= 4 is 5.91 Å². The van der Waals surface area contributed by atoms with E-state index in [1.54, 1.807) is 12.3 Å². The fraction of sp³-hybridized carbons (Fsp3) is 0.476. The Morgan fingerprint density at radius 1 is 1.14 bits per heavy atom. The lowest BCUT2D eigenvalue weighted by Crippen LogP contribution is -2.47. The van der Waals surface area contributed by atoms with Crippen molar-refractivity contribution in [3.63, 3.8) is 0 Å². The van der Waals surface area contributed by atoms with Crippen LogP contribution in [0.15, 0.2) is 36.7 Å². The molecule has 0 atom stereocenters. The topological polar surface area (TPSA) is 58.6 Å². The van der Waals surface area contributed by atoms with Gasteiger partial charge in [0.1, 0.15) is 5.82 Å². The molecule has 0 unspecified atom stereocenters. The van der Waals surface area contributed by atoms with E-state index >= 15 is 0 Å². The minimum atomic E-state index is -0.275. The summed E-state index contributed by atoms with van der Waals surface area (Å²) in [6.45, 7) is 4.86. The summed E-state index contributed by atoms with van der Waals surface area (Å²) < 4.78 is 18.8. The van der Waals surface area contributed by atoms with Gasteiger partial charge in [0.15, 0.2) is 0 Å². The number of benzene rings is 1. The minimum absolute atomic E-state index is 0.189. The molecule has 1 amide bonds. The number of nitrogens with zero attached hydrogens (tertiary/aromatic N) is 4. The molecule has 2 aliphatic rings. The van der Waals surface area contributed by atoms with Gasteiger partial charge in [0, 0.05) is 30.8 Å². The van der Waals surface area contributed by atoms with Crippen LogP contribution in [0.5, 0.6) is 0 Å². The van der Waals surface area contributed by atoms with Gasteiger partial charge in [-0.25, -0.2) is 9.37 Å². The SMILES string of the molecule is O=C(CN1CCC(c2cncc(-c3cccc(F)c3)n2)CC1)N1CCOCC1. The van der Waals surface area contributed by atoms with E-state index in [9.17, 15) is 9.18 Å². The number of morpholine rings is 1. The molecule has 1 aromatic heterocycles. The molecule has 3 heterocycles. The summed E-state index contributed by atoms with van der Waals surface area (Å²) in [5.41, 5.74) is 2.38. The molecule has 6 nitrogen and oxygen atoms in total. The molecule has 2 aliphatic heterocycles. The Bertz CT molecular complexity index is 818. The summed E-state index contributed by atoms with van der Waals surface area (Å²) in [5.74, 6) is 0.230. The van der Waals surface area contributed by atoms with Gasteiger partial charge in [-0.05, 0) is 38.1 Å². The molecule has 2 saturated heterocycles. The van der Waals surface area contributed by atoms with Crippen LogP contribution >= 0.6 is 0 Å². The second-order valence-electron chi connectivity index (χ2n) is 7.38. The maximum absolute atomic E-state index is 13.5. The maximum atomic E-state index is 13.5. The molecule has 0 saturated carbocycles. The number of hydrogen-bond acceptors (Lipinski definition) is 5. The minimum Gasteiger partial charge on any atom is -0.378 e. The van der Waals surface area contributed by atoms with Gasteiger partial charge >= 0.3 is 0 Å². The van der Waals surface area contributed by atoms with Crippen molar-refractivity contribution in [3.8, 4) is 11.3 Å². The van der Waals surface area contributed by atoms with Crippen molar-refractivity contribution in [1.82, 2.24) is 19.8 Å². The number of carbonyl (C=O) groups is 1. The van der Waals surface area contributed by atoms with E-state index in [0.717, 1.165) is 37.2 Å². The Kier molecular flexibility index (Phi) is 5.92. The molecule has 148 valence electrons. The third kappa shape index (κ3) is 4.54. The summed E-state index contributed by atoms with van der Waals surface area (Å²) in [6, 6.07) is 6.43. The molecule has 2 fully saturated rings. The number of rotatable bonds is 4. The average Bonchev–Trinajstić information content (AvgIpc) is 2.75. The summed E-state index contributed by atoms with van der Waals surface area (Å²) in [6.07, 6.45) is 5.37. The third-order valence-corrected chi connectivity index (χ3v) is 5.50. The second kappa shape index (κ2) is 8.75. The molecule has 0 radical (unpaired) electrons. The van der Waals surface area contributed by atoms with E-state index in [2.05, 4.69) is 9.88 Å². The van der Waals surface area contributed by atoms with Crippen LogP contribution in [0.1, 0.15) is 24.5 Å². The highest BCUT2D eigenvalue weighted by Gasteiger charge is 2.25. The predicted octanol–water partition coefficient (Wildman–Crippen LogP) is 2.32. The number of ether oxygens (including phenoxy) is 1. The lowest BCUT2D eigenvalue weighted by Gasteiger charge is -2.34. The van der Waals surface area contributed by atoms with Gasteiger partial charge < -0.3 is 9.64 Å². The van der Waals surface area contributed by atoms with Crippen LogP contribution in [0.4, 0.5) is 4.39 Å².